The van der Waals surface area contributed by atoms with Gasteiger partial charge in [-0.2, -0.15) is 0 Å². The van der Waals surface area contributed by atoms with Crippen LogP contribution in [0.2, 0.25) is 5.02 Å². The summed E-state index contributed by atoms with van der Waals surface area (Å²) in [5, 5.41) is 4.73. The molecule has 0 aromatic heterocycles. The molecule has 0 spiro atoms. The van der Waals surface area contributed by atoms with E-state index < -0.39 is 0 Å². The van der Waals surface area contributed by atoms with Gasteiger partial charge >= 0.3 is 0 Å². The second-order valence-electron chi connectivity index (χ2n) is 5.16. The van der Waals surface area contributed by atoms with Crippen LogP contribution in [0.25, 0.3) is 0 Å². The molecule has 1 aliphatic rings. The lowest BCUT2D eigenvalue weighted by atomic mass is 10.1. The van der Waals surface area contributed by atoms with Crippen LogP contribution in [0.3, 0.4) is 0 Å². The molecular weight excluding hydrogens is 300 g/mol. The van der Waals surface area contributed by atoms with Crippen LogP contribution in [-0.4, -0.2) is 18.3 Å². The van der Waals surface area contributed by atoms with Crippen molar-refractivity contribution >= 4 is 29.0 Å². The number of benzene rings is 2. The molecule has 0 atom stereocenters. The molecule has 0 aliphatic carbocycles. The Bertz CT molecular complexity index is 734. The summed E-state index contributed by atoms with van der Waals surface area (Å²) in [7, 11) is 0. The fourth-order valence-electron chi connectivity index (χ4n) is 2.54. The molecule has 0 radical (unpaired) electrons. The molecule has 2 aromatic carbocycles. The molecule has 1 heterocycles. The van der Waals surface area contributed by atoms with Crippen molar-refractivity contribution in [3.63, 3.8) is 0 Å². The lowest BCUT2D eigenvalue weighted by Crippen LogP contribution is -2.43. The smallest absolute Gasteiger partial charge is 0.273 e. The molecule has 112 valence electrons. The topological polar surface area (TPSA) is 41.9 Å². The molecule has 0 bridgehead atoms. The monoisotopic (exact) mass is 314 g/mol. The van der Waals surface area contributed by atoms with Crippen molar-refractivity contribution in [2.75, 3.05) is 11.5 Å². The Labute approximate surface area is 133 Å². The Balaban J connectivity index is 2.14. The Morgan fingerprint density at radius 3 is 2.36 bits per heavy atom. The molecule has 0 saturated carbocycles. The minimum Gasteiger partial charge on any atom is -0.384 e. The summed E-state index contributed by atoms with van der Waals surface area (Å²) < 4.78 is 0. The van der Waals surface area contributed by atoms with Crippen LogP contribution in [-0.2, 0) is 9.63 Å². The zero-order valence-corrected chi connectivity index (χ0v) is 13.1. The van der Waals surface area contributed by atoms with E-state index in [2.05, 4.69) is 5.16 Å². The van der Waals surface area contributed by atoms with Crippen molar-refractivity contribution in [3.05, 3.63) is 64.2 Å². The molecule has 0 unspecified atom stereocenters. The Kier molecular flexibility index (Phi) is 3.86. The lowest BCUT2D eigenvalue weighted by molar-refractivity contribution is -0.123. The summed E-state index contributed by atoms with van der Waals surface area (Å²) in [4.78, 5) is 19.1. The molecule has 22 heavy (non-hydrogen) atoms. The summed E-state index contributed by atoms with van der Waals surface area (Å²) in [6, 6.07) is 13.1. The van der Waals surface area contributed by atoms with Gasteiger partial charge < -0.3 is 4.84 Å². The third kappa shape index (κ3) is 2.57. The number of aryl methyl sites for hydroxylation is 2. The number of carbonyl (C=O) groups is 1. The number of hydrogen-bond donors (Lipinski definition) is 0. The van der Waals surface area contributed by atoms with Crippen LogP contribution < -0.4 is 4.90 Å². The number of amidine groups is 1. The molecule has 3 rings (SSSR count). The van der Waals surface area contributed by atoms with Gasteiger partial charge in [-0.15, -0.1) is 0 Å². The van der Waals surface area contributed by atoms with Gasteiger partial charge in [0, 0.05) is 10.6 Å². The van der Waals surface area contributed by atoms with Crippen molar-refractivity contribution < 1.29 is 9.63 Å². The fraction of sp³-hybridized carbons (Fsp3) is 0.176. The maximum Gasteiger partial charge on any atom is 0.273 e. The van der Waals surface area contributed by atoms with E-state index in [-0.39, 0.29) is 12.5 Å². The van der Waals surface area contributed by atoms with Crippen molar-refractivity contribution in [3.8, 4) is 0 Å². The van der Waals surface area contributed by atoms with E-state index in [0.29, 0.717) is 10.9 Å². The highest BCUT2D eigenvalue weighted by Gasteiger charge is 2.29. The average Bonchev–Trinajstić information content (AvgIpc) is 2.49. The van der Waals surface area contributed by atoms with E-state index in [4.69, 9.17) is 16.4 Å². The number of carbonyl (C=O) groups excluding carboxylic acids is 1. The van der Waals surface area contributed by atoms with Crippen LogP contribution >= 0.6 is 11.6 Å². The van der Waals surface area contributed by atoms with E-state index >= 15 is 0 Å². The molecule has 1 aliphatic heterocycles. The van der Waals surface area contributed by atoms with Gasteiger partial charge in [-0.25, -0.2) is 0 Å². The van der Waals surface area contributed by atoms with E-state index in [0.717, 1.165) is 22.4 Å². The number of nitrogens with zero attached hydrogens (tertiary/aromatic N) is 2. The zero-order valence-electron chi connectivity index (χ0n) is 12.3. The third-order valence-electron chi connectivity index (χ3n) is 3.57. The van der Waals surface area contributed by atoms with E-state index in [1.807, 2.05) is 44.2 Å². The van der Waals surface area contributed by atoms with Gasteiger partial charge in [-0.1, -0.05) is 35.0 Å². The Morgan fingerprint density at radius 2 is 1.73 bits per heavy atom. The quantitative estimate of drug-likeness (QED) is 0.848. The number of anilines is 1. The molecule has 2 aromatic rings. The first-order valence-electron chi connectivity index (χ1n) is 6.93. The predicted molar refractivity (Wildman–Crippen MR) is 87.3 cm³/mol. The van der Waals surface area contributed by atoms with Crippen LogP contribution in [0.5, 0.6) is 0 Å². The third-order valence-corrected chi connectivity index (χ3v) is 3.82. The van der Waals surface area contributed by atoms with E-state index in [1.54, 1.807) is 17.0 Å². The zero-order chi connectivity index (χ0) is 15.7. The van der Waals surface area contributed by atoms with Crippen molar-refractivity contribution in [1.29, 1.82) is 0 Å². The second-order valence-corrected chi connectivity index (χ2v) is 5.60. The first-order chi connectivity index (χ1) is 10.6. The van der Waals surface area contributed by atoms with Crippen molar-refractivity contribution in [1.82, 2.24) is 0 Å². The summed E-state index contributed by atoms with van der Waals surface area (Å²) in [6.07, 6.45) is 0. The fourth-order valence-corrected chi connectivity index (χ4v) is 2.67. The molecule has 0 fully saturated rings. The Morgan fingerprint density at radius 1 is 1.09 bits per heavy atom. The number of hydrogen-bond acceptors (Lipinski definition) is 3. The number of amides is 1. The number of oxime groups is 1. The van der Waals surface area contributed by atoms with Gasteiger partial charge in [-0.3, -0.25) is 9.69 Å². The predicted octanol–water partition coefficient (Wildman–Crippen LogP) is 3.68. The highest BCUT2D eigenvalue weighted by atomic mass is 35.5. The SMILES string of the molecule is Cc1cccc(C)c1N1C(=O)CON=C1c1ccc(Cl)cc1. The minimum absolute atomic E-state index is 0.0646. The van der Waals surface area contributed by atoms with Crippen LogP contribution in [0.4, 0.5) is 5.69 Å². The van der Waals surface area contributed by atoms with Gasteiger partial charge in [0.2, 0.25) is 0 Å². The number of halogens is 1. The van der Waals surface area contributed by atoms with Crippen LogP contribution in [0, 0.1) is 13.8 Å². The largest absolute Gasteiger partial charge is 0.384 e. The number of para-hydroxylation sites is 1. The molecular formula is C17H15ClN2O2. The van der Waals surface area contributed by atoms with Gasteiger partial charge in [0.1, 0.15) is 0 Å². The van der Waals surface area contributed by atoms with Crippen LogP contribution in [0.1, 0.15) is 16.7 Å². The summed E-state index contributed by atoms with van der Waals surface area (Å²) >= 11 is 5.93. The highest BCUT2D eigenvalue weighted by Crippen LogP contribution is 2.28. The molecule has 0 saturated heterocycles. The molecule has 0 N–H and O–H groups in total. The maximum atomic E-state index is 12.4. The van der Waals surface area contributed by atoms with E-state index in [9.17, 15) is 4.79 Å². The normalized spacial score (nSPS) is 14.6. The van der Waals surface area contributed by atoms with Gasteiger partial charge in [-0.05, 0) is 49.2 Å². The van der Waals surface area contributed by atoms with Crippen molar-refractivity contribution in [2.45, 2.75) is 13.8 Å². The van der Waals surface area contributed by atoms with Gasteiger partial charge in [0.25, 0.3) is 5.91 Å². The molecule has 4 nitrogen and oxygen atoms in total. The Hall–Kier alpha value is -2.33. The average molecular weight is 315 g/mol. The molecule has 1 amide bonds. The summed E-state index contributed by atoms with van der Waals surface area (Å²) in [5.74, 6) is 0.336. The van der Waals surface area contributed by atoms with Gasteiger partial charge in [0.05, 0.1) is 5.69 Å². The first-order valence-corrected chi connectivity index (χ1v) is 7.31. The van der Waals surface area contributed by atoms with Crippen molar-refractivity contribution in [2.24, 2.45) is 5.16 Å². The standard InChI is InChI=1S/C17H15ClN2O2/c1-11-4-3-5-12(2)16(11)20-15(21)10-22-19-17(20)13-6-8-14(18)9-7-13/h3-9H,10H2,1-2H3. The highest BCUT2D eigenvalue weighted by molar-refractivity contribution is 6.31. The molecule has 5 heteroatoms. The maximum absolute atomic E-state index is 12.4. The summed E-state index contributed by atoms with van der Waals surface area (Å²) in [6.45, 7) is 3.89. The first kappa shape index (κ1) is 14.6. The summed E-state index contributed by atoms with van der Waals surface area (Å²) in [5.41, 5.74) is 3.65. The number of rotatable bonds is 2. The van der Waals surface area contributed by atoms with E-state index in [1.165, 1.54) is 0 Å². The minimum atomic E-state index is -0.141. The second kappa shape index (κ2) is 5.81. The van der Waals surface area contributed by atoms with Gasteiger partial charge in [0.15, 0.2) is 12.4 Å². The lowest BCUT2D eigenvalue weighted by Gasteiger charge is -2.29. The van der Waals surface area contributed by atoms with Crippen LogP contribution in [0.15, 0.2) is 47.6 Å².